The van der Waals surface area contributed by atoms with Gasteiger partial charge in [0, 0.05) is 14.9 Å². The summed E-state index contributed by atoms with van der Waals surface area (Å²) in [5.74, 6) is 0.904. The van der Waals surface area contributed by atoms with Crippen molar-refractivity contribution in [1.82, 2.24) is 9.55 Å². The van der Waals surface area contributed by atoms with Crippen LogP contribution in [0.15, 0.2) is 132 Å². The van der Waals surface area contributed by atoms with E-state index in [-0.39, 0.29) is 17.4 Å². The largest absolute Gasteiger partial charge is 0.455 e. The molecular weight excluding hydrogens is 572 g/mol. The Hall–Kier alpha value is -5.41. The van der Waals surface area contributed by atoms with E-state index in [1.165, 1.54) is 11.1 Å². The van der Waals surface area contributed by atoms with Crippen molar-refractivity contribution in [3.63, 3.8) is 0 Å². The molecule has 0 aliphatic rings. The number of aryl methyl sites for hydroxylation is 1. The molecule has 3 heteroatoms. The molecule has 0 saturated carbocycles. The maximum Gasteiger partial charge on any atom is 0.149 e. The van der Waals surface area contributed by atoms with Crippen LogP contribution >= 0.6 is 0 Å². The first-order valence-electron chi connectivity index (χ1n) is 17.9. The Morgan fingerprint density at radius 2 is 1.23 bits per heavy atom. The van der Waals surface area contributed by atoms with Gasteiger partial charge < -0.3 is 4.42 Å². The monoisotopic (exact) mass is 613 g/mol. The van der Waals surface area contributed by atoms with Gasteiger partial charge in [0.25, 0.3) is 0 Å². The van der Waals surface area contributed by atoms with Crippen LogP contribution in [0.2, 0.25) is 0 Å². The summed E-state index contributed by atoms with van der Waals surface area (Å²) in [6, 6.07) is 43.3. The van der Waals surface area contributed by atoms with Crippen molar-refractivity contribution >= 4 is 33.0 Å². The van der Waals surface area contributed by atoms with Gasteiger partial charge in [-0.05, 0) is 88.0 Å². The molecule has 0 radical (unpaired) electrons. The molecule has 3 nitrogen and oxygen atoms in total. The molecule has 0 amide bonds. The smallest absolute Gasteiger partial charge is 0.149 e. The normalized spacial score (nSPS) is 13.1. The van der Waals surface area contributed by atoms with Crippen molar-refractivity contribution in [3.8, 4) is 39.3 Å². The Morgan fingerprint density at radius 3 is 1.94 bits per heavy atom. The quantitative estimate of drug-likeness (QED) is 0.187. The molecule has 47 heavy (non-hydrogen) atoms. The molecule has 2 aromatic heterocycles. The summed E-state index contributed by atoms with van der Waals surface area (Å²) < 4.78 is 34.5. The van der Waals surface area contributed by atoms with Gasteiger partial charge in [0.15, 0.2) is 0 Å². The first kappa shape index (κ1) is 25.7. The molecular formula is C44H38N2O. The Balaban J connectivity index is 1.44. The molecule has 0 fully saturated rings. The van der Waals surface area contributed by atoms with Crippen molar-refractivity contribution < 1.29 is 8.53 Å². The van der Waals surface area contributed by atoms with Gasteiger partial charge in [0.1, 0.15) is 17.0 Å². The second-order valence-electron chi connectivity index (χ2n) is 13.0. The number of nitrogens with zero attached hydrogens (tertiary/aromatic N) is 2. The number of fused-ring (bicyclic) bond motifs is 4. The molecule has 0 saturated heterocycles. The van der Waals surface area contributed by atoms with Crippen molar-refractivity contribution in [2.75, 3.05) is 0 Å². The molecule has 0 N–H and O–H groups in total. The zero-order chi connectivity index (χ0) is 34.7. The number of furan rings is 1. The number of hydrogen-bond donors (Lipinski definition) is 0. The summed E-state index contributed by atoms with van der Waals surface area (Å²) in [4.78, 5) is 5.23. The van der Waals surface area contributed by atoms with E-state index in [4.69, 9.17) is 13.5 Å². The van der Waals surface area contributed by atoms with Crippen molar-refractivity contribution in [3.05, 3.63) is 144 Å². The third-order valence-corrected chi connectivity index (χ3v) is 9.28. The van der Waals surface area contributed by atoms with Crippen molar-refractivity contribution in [1.29, 1.82) is 0 Å². The van der Waals surface area contributed by atoms with E-state index in [2.05, 4.69) is 105 Å². The minimum absolute atomic E-state index is 0.123. The Morgan fingerprint density at radius 1 is 0.617 bits per heavy atom. The van der Waals surface area contributed by atoms with Gasteiger partial charge in [-0.15, -0.1) is 0 Å². The highest BCUT2D eigenvalue weighted by Crippen LogP contribution is 2.43. The summed E-state index contributed by atoms with van der Waals surface area (Å²) >= 11 is 0. The number of imidazole rings is 1. The topological polar surface area (TPSA) is 31.0 Å². The first-order chi connectivity index (χ1) is 24.1. The lowest BCUT2D eigenvalue weighted by Gasteiger charge is -2.25. The molecule has 0 aliphatic carbocycles. The van der Waals surface area contributed by atoms with Crippen LogP contribution in [-0.4, -0.2) is 9.55 Å². The van der Waals surface area contributed by atoms with E-state index >= 15 is 0 Å². The zero-order valence-electron chi connectivity index (χ0n) is 30.1. The van der Waals surface area contributed by atoms with E-state index in [0.29, 0.717) is 16.9 Å². The molecule has 0 atom stereocenters. The maximum absolute atomic E-state index is 8.61. The van der Waals surface area contributed by atoms with Crippen LogP contribution < -0.4 is 0 Å². The minimum Gasteiger partial charge on any atom is -0.455 e. The van der Waals surface area contributed by atoms with Crippen LogP contribution in [0.25, 0.3) is 72.3 Å². The van der Waals surface area contributed by atoms with Crippen LogP contribution in [0.3, 0.4) is 0 Å². The Bertz CT molecular complexity index is 2490. The second kappa shape index (κ2) is 11.4. The van der Waals surface area contributed by atoms with Gasteiger partial charge in [-0.3, -0.25) is 4.57 Å². The standard InChI is InChI=1S/C44H38N2O/c1-27(2)37-25-33(32-23-21-31(22-24-32)30-14-7-6-8-15-30)26-38(28(3)4)42(37)46-41-29(5)13-11-19-39(41)45-44(46)36-18-12-17-35-34-16-9-10-20-40(34)47-43(35)36/h6-28H,1-5H3/i5D3. The molecule has 0 bridgehead atoms. The predicted molar refractivity (Wildman–Crippen MR) is 198 cm³/mol. The fourth-order valence-corrected chi connectivity index (χ4v) is 6.92. The summed E-state index contributed by atoms with van der Waals surface area (Å²) in [7, 11) is 0. The van der Waals surface area contributed by atoms with Gasteiger partial charge in [-0.25, -0.2) is 4.98 Å². The van der Waals surface area contributed by atoms with E-state index in [9.17, 15) is 0 Å². The molecule has 230 valence electrons. The zero-order valence-corrected chi connectivity index (χ0v) is 27.1. The van der Waals surface area contributed by atoms with Gasteiger partial charge in [-0.2, -0.15) is 0 Å². The lowest BCUT2D eigenvalue weighted by atomic mass is 9.87. The number of aromatic nitrogens is 2. The second-order valence-corrected chi connectivity index (χ2v) is 13.0. The predicted octanol–water partition coefficient (Wildman–Crippen LogP) is 12.5. The molecule has 8 rings (SSSR count). The lowest BCUT2D eigenvalue weighted by molar-refractivity contribution is 0.669. The number of para-hydroxylation sites is 3. The molecule has 2 heterocycles. The van der Waals surface area contributed by atoms with Crippen LogP contribution in [-0.2, 0) is 0 Å². The van der Waals surface area contributed by atoms with Gasteiger partial charge in [0.2, 0.25) is 0 Å². The minimum atomic E-state index is -2.35. The fraction of sp³-hybridized carbons (Fsp3) is 0.159. The Labute approximate surface area is 280 Å². The molecule has 6 aromatic carbocycles. The lowest BCUT2D eigenvalue weighted by Crippen LogP contribution is -2.10. The highest BCUT2D eigenvalue weighted by molar-refractivity contribution is 6.09. The van der Waals surface area contributed by atoms with Gasteiger partial charge in [0.05, 0.1) is 22.3 Å². The van der Waals surface area contributed by atoms with Crippen LogP contribution in [0, 0.1) is 6.85 Å². The molecule has 0 spiro atoms. The summed E-state index contributed by atoms with van der Waals surface area (Å²) in [6.45, 7) is 6.46. The third kappa shape index (κ3) is 4.85. The first-order valence-corrected chi connectivity index (χ1v) is 16.4. The van der Waals surface area contributed by atoms with Crippen molar-refractivity contribution in [2.24, 2.45) is 0 Å². The van der Waals surface area contributed by atoms with E-state index in [1.54, 1.807) is 12.1 Å². The summed E-state index contributed by atoms with van der Waals surface area (Å²) in [5, 5.41) is 2.03. The van der Waals surface area contributed by atoms with Gasteiger partial charge in [-0.1, -0.05) is 125 Å². The number of benzene rings is 6. The summed E-state index contributed by atoms with van der Waals surface area (Å²) in [6.07, 6.45) is 0. The highest BCUT2D eigenvalue weighted by Gasteiger charge is 2.26. The number of rotatable bonds is 6. The maximum atomic E-state index is 8.61. The van der Waals surface area contributed by atoms with Crippen LogP contribution in [0.4, 0.5) is 0 Å². The number of hydrogen-bond acceptors (Lipinski definition) is 2. The average Bonchev–Trinajstić information content (AvgIpc) is 3.70. The average molecular weight is 614 g/mol. The van der Waals surface area contributed by atoms with Crippen molar-refractivity contribution in [2.45, 2.75) is 46.4 Å². The SMILES string of the molecule is [2H]C([2H])([2H])c1cccc2nc(-c3cccc4c3oc3ccccc34)n(-c3c(C(C)C)cc(-c4ccc(-c5ccccc5)cc4)cc3C(C)C)c12. The molecule has 0 unspecified atom stereocenters. The van der Waals surface area contributed by atoms with Gasteiger partial charge >= 0.3 is 0 Å². The van der Waals surface area contributed by atoms with E-state index < -0.39 is 6.85 Å². The van der Waals surface area contributed by atoms with E-state index in [0.717, 1.165) is 55.4 Å². The molecule has 0 aliphatic heterocycles. The highest BCUT2D eigenvalue weighted by atomic mass is 16.3. The van der Waals surface area contributed by atoms with Crippen LogP contribution in [0.5, 0.6) is 0 Å². The van der Waals surface area contributed by atoms with E-state index in [1.807, 2.05) is 42.5 Å². The molecule has 8 aromatic rings. The fourth-order valence-electron chi connectivity index (χ4n) is 6.92. The summed E-state index contributed by atoms with van der Waals surface area (Å²) in [5.41, 5.74) is 11.7. The Kier molecular flexibility index (Phi) is 6.26. The van der Waals surface area contributed by atoms with Crippen LogP contribution in [0.1, 0.15) is 60.3 Å². The third-order valence-electron chi connectivity index (χ3n) is 9.28.